The molecule has 37 heavy (non-hydrogen) atoms. The van der Waals surface area contributed by atoms with Crippen LogP contribution in [0.25, 0.3) is 0 Å². The molecule has 3 aromatic rings. The zero-order valence-corrected chi connectivity index (χ0v) is 23.5. The average molecular weight is 565 g/mol. The van der Waals surface area contributed by atoms with E-state index >= 15 is 0 Å². The molecule has 1 aromatic heterocycles. The van der Waals surface area contributed by atoms with Gasteiger partial charge in [-0.1, -0.05) is 37.3 Å². The number of aromatic nitrogens is 2. The van der Waals surface area contributed by atoms with Crippen molar-refractivity contribution in [2.75, 3.05) is 31.1 Å². The van der Waals surface area contributed by atoms with Crippen LogP contribution in [-0.4, -0.2) is 36.1 Å². The Labute approximate surface area is 238 Å². The van der Waals surface area contributed by atoms with Gasteiger partial charge in [-0.05, 0) is 74.0 Å². The first-order valence-electron chi connectivity index (χ1n) is 12.6. The third-order valence-corrected chi connectivity index (χ3v) is 8.02. The highest BCUT2D eigenvalue weighted by molar-refractivity contribution is 5.86. The Hall–Kier alpha value is -2.09. The van der Waals surface area contributed by atoms with E-state index in [2.05, 4.69) is 52.5 Å². The highest BCUT2D eigenvalue weighted by Gasteiger charge is 2.45. The zero-order chi connectivity index (χ0) is 23.1. The summed E-state index contributed by atoms with van der Waals surface area (Å²) in [5.74, 6) is 2.49. The third kappa shape index (κ3) is 5.27. The van der Waals surface area contributed by atoms with Gasteiger partial charge in [0.05, 0.1) is 0 Å². The van der Waals surface area contributed by atoms with E-state index in [0.717, 1.165) is 62.4 Å². The van der Waals surface area contributed by atoms with Crippen LogP contribution in [0.1, 0.15) is 60.6 Å². The van der Waals surface area contributed by atoms with Crippen LogP contribution in [0.4, 0.5) is 11.5 Å². The summed E-state index contributed by atoms with van der Waals surface area (Å²) in [7, 11) is 0. The van der Waals surface area contributed by atoms with Crippen molar-refractivity contribution in [3.63, 3.8) is 0 Å². The van der Waals surface area contributed by atoms with E-state index in [0.29, 0.717) is 12.5 Å². The van der Waals surface area contributed by atoms with Crippen LogP contribution >= 0.6 is 37.2 Å². The molecule has 1 saturated heterocycles. The van der Waals surface area contributed by atoms with Gasteiger partial charge in [0.15, 0.2) is 0 Å². The maximum atomic E-state index is 6.46. The van der Waals surface area contributed by atoms with Gasteiger partial charge in [-0.3, -0.25) is 0 Å². The molecule has 3 aliphatic rings. The van der Waals surface area contributed by atoms with Crippen molar-refractivity contribution in [1.29, 1.82) is 0 Å². The highest BCUT2D eigenvalue weighted by atomic mass is 35.5. The van der Waals surface area contributed by atoms with Crippen molar-refractivity contribution < 1.29 is 4.74 Å². The molecule has 0 radical (unpaired) electrons. The third-order valence-electron chi connectivity index (χ3n) is 8.02. The smallest absolute Gasteiger partial charge is 0.140 e. The number of aryl methyl sites for hydroxylation is 1. The normalized spacial score (nSPS) is 19.6. The Bertz CT molecular complexity index is 1190. The largest absolute Gasteiger partial charge is 0.484 e. The van der Waals surface area contributed by atoms with Gasteiger partial charge in [0.25, 0.3) is 0 Å². The van der Waals surface area contributed by atoms with Crippen LogP contribution in [0.2, 0.25) is 0 Å². The van der Waals surface area contributed by atoms with Gasteiger partial charge >= 0.3 is 0 Å². The molecule has 2 aromatic carbocycles. The predicted octanol–water partition coefficient (Wildman–Crippen LogP) is 5.64. The van der Waals surface area contributed by atoms with E-state index in [1.54, 1.807) is 6.33 Å². The number of nitrogens with two attached hydrogens (primary N) is 1. The fourth-order valence-electron chi connectivity index (χ4n) is 6.17. The van der Waals surface area contributed by atoms with Crippen LogP contribution in [0.3, 0.4) is 0 Å². The fourth-order valence-corrected chi connectivity index (χ4v) is 6.17. The molecule has 3 heterocycles. The number of halogens is 3. The lowest BCUT2D eigenvalue weighted by Gasteiger charge is -2.35. The average Bonchev–Trinajstić information content (AvgIpc) is 3.41. The van der Waals surface area contributed by atoms with Crippen LogP contribution in [-0.2, 0) is 11.8 Å². The molecule has 1 spiro atoms. The van der Waals surface area contributed by atoms with Crippen molar-refractivity contribution in [3.8, 4) is 5.75 Å². The molecule has 2 unspecified atom stereocenters. The summed E-state index contributed by atoms with van der Waals surface area (Å²) in [6.45, 7) is 5.78. The first-order valence-corrected chi connectivity index (χ1v) is 12.6. The Balaban J connectivity index is 0.00000127. The second-order valence-corrected chi connectivity index (χ2v) is 10.0. The number of piperidine rings is 1. The molecule has 2 aliphatic heterocycles. The van der Waals surface area contributed by atoms with Gasteiger partial charge in [0.2, 0.25) is 0 Å². The SMILES string of the molecule is CC1CCc2ncnc(N3CC4(CCNCC4)c4cc(OC(CN)c5ccccc5)ccc43)c21.Cl.Cl.Cl. The number of ether oxygens (including phenoxy) is 1. The Kier molecular flexibility index (Phi) is 9.70. The molecule has 1 aliphatic carbocycles. The van der Waals surface area contributed by atoms with Gasteiger partial charge < -0.3 is 20.7 Å². The fraction of sp³-hybridized carbons (Fsp3) is 0.429. The van der Waals surface area contributed by atoms with Crippen molar-refractivity contribution in [1.82, 2.24) is 15.3 Å². The number of hydrogen-bond acceptors (Lipinski definition) is 6. The summed E-state index contributed by atoms with van der Waals surface area (Å²) in [5.41, 5.74) is 12.5. The summed E-state index contributed by atoms with van der Waals surface area (Å²) in [6.07, 6.45) is 6.02. The summed E-state index contributed by atoms with van der Waals surface area (Å²) < 4.78 is 6.46. The minimum absolute atomic E-state index is 0. The second kappa shape index (κ2) is 12.2. The lowest BCUT2D eigenvalue weighted by Crippen LogP contribution is -2.42. The number of anilines is 2. The first-order chi connectivity index (χ1) is 16.7. The quantitative estimate of drug-likeness (QED) is 0.417. The van der Waals surface area contributed by atoms with Gasteiger partial charge in [-0.25, -0.2) is 9.97 Å². The Morgan fingerprint density at radius 1 is 1.08 bits per heavy atom. The van der Waals surface area contributed by atoms with E-state index in [9.17, 15) is 0 Å². The van der Waals surface area contributed by atoms with E-state index in [-0.39, 0.29) is 48.7 Å². The maximum Gasteiger partial charge on any atom is 0.140 e. The molecule has 6 nitrogen and oxygen atoms in total. The molecule has 0 amide bonds. The topological polar surface area (TPSA) is 76.3 Å². The summed E-state index contributed by atoms with van der Waals surface area (Å²) in [6, 6.07) is 16.9. The van der Waals surface area contributed by atoms with E-state index < -0.39 is 0 Å². The lowest BCUT2D eigenvalue weighted by atomic mass is 9.75. The number of nitrogens with zero attached hydrogens (tertiary/aromatic N) is 3. The van der Waals surface area contributed by atoms with Crippen LogP contribution in [0, 0.1) is 0 Å². The van der Waals surface area contributed by atoms with Gasteiger partial charge in [0.1, 0.15) is 24.0 Å². The molecule has 1 fully saturated rings. The number of rotatable bonds is 5. The standard InChI is InChI=1S/C28H33N5O.3ClH/c1-19-7-9-23-26(19)27(32-18-31-23)33-17-28(11-13-30-14-12-28)22-15-21(8-10-24(22)33)34-25(16-29)20-5-3-2-4-6-20;;;/h2-6,8,10,15,18-19,25,30H,7,9,11-14,16-17,29H2,1H3;3*1H. The lowest BCUT2D eigenvalue weighted by molar-refractivity contribution is 0.213. The van der Waals surface area contributed by atoms with Crippen LogP contribution < -0.4 is 20.7 Å². The molecular formula is C28H36Cl3N5O. The summed E-state index contributed by atoms with van der Waals surface area (Å²) >= 11 is 0. The Morgan fingerprint density at radius 3 is 2.57 bits per heavy atom. The van der Waals surface area contributed by atoms with Gasteiger partial charge in [0, 0.05) is 35.4 Å². The monoisotopic (exact) mass is 563 g/mol. The number of hydrogen-bond donors (Lipinski definition) is 2. The summed E-state index contributed by atoms with van der Waals surface area (Å²) in [5, 5.41) is 3.56. The molecule has 0 saturated carbocycles. The van der Waals surface area contributed by atoms with E-state index in [1.807, 2.05) is 18.2 Å². The zero-order valence-electron chi connectivity index (χ0n) is 21.1. The van der Waals surface area contributed by atoms with Crippen molar-refractivity contribution >= 4 is 48.7 Å². The van der Waals surface area contributed by atoms with Gasteiger partial charge in [-0.2, -0.15) is 0 Å². The summed E-state index contributed by atoms with van der Waals surface area (Å²) in [4.78, 5) is 11.9. The van der Waals surface area contributed by atoms with Crippen LogP contribution in [0.15, 0.2) is 54.9 Å². The first kappa shape index (κ1) is 29.5. The maximum absolute atomic E-state index is 6.46. The molecule has 200 valence electrons. The van der Waals surface area contributed by atoms with E-state index in [1.165, 1.54) is 22.5 Å². The van der Waals surface area contributed by atoms with Crippen LogP contribution in [0.5, 0.6) is 5.75 Å². The van der Waals surface area contributed by atoms with Crippen molar-refractivity contribution in [2.45, 2.75) is 50.0 Å². The molecule has 6 rings (SSSR count). The number of benzene rings is 2. The van der Waals surface area contributed by atoms with Gasteiger partial charge in [-0.15, -0.1) is 37.2 Å². The molecule has 9 heteroatoms. The van der Waals surface area contributed by atoms with E-state index in [4.69, 9.17) is 15.5 Å². The highest BCUT2D eigenvalue weighted by Crippen LogP contribution is 2.51. The molecule has 2 atom stereocenters. The Morgan fingerprint density at radius 2 is 1.84 bits per heavy atom. The minimum Gasteiger partial charge on any atom is -0.484 e. The van der Waals surface area contributed by atoms with Crippen molar-refractivity contribution in [3.05, 3.63) is 77.2 Å². The predicted molar refractivity (Wildman–Crippen MR) is 157 cm³/mol. The number of fused-ring (bicyclic) bond motifs is 3. The second-order valence-electron chi connectivity index (χ2n) is 10.0. The van der Waals surface area contributed by atoms with Crippen molar-refractivity contribution in [2.24, 2.45) is 5.73 Å². The molecule has 0 bridgehead atoms. The number of nitrogens with one attached hydrogen (secondary N) is 1. The molecule has 3 N–H and O–H groups in total. The minimum atomic E-state index is -0.160. The molecular weight excluding hydrogens is 529 g/mol.